The maximum Gasteiger partial charge on any atom is 0.101 e. The first-order chi connectivity index (χ1) is 18.4. The molecule has 1 unspecified atom stereocenters. The maximum atomic E-state index is 4.21. The average molecular weight is 527 g/mol. The Kier molecular flexibility index (Phi) is 7.19. The fourth-order valence-corrected chi connectivity index (χ4v) is 7.96. The Hall–Kier alpha value is -2.47. The Labute approximate surface area is 232 Å². The van der Waals surface area contributed by atoms with Gasteiger partial charge in [-0.3, -0.25) is 4.98 Å². The molecule has 0 saturated carbocycles. The molecule has 1 N–H and O–H groups in total. The van der Waals surface area contributed by atoms with E-state index in [0.29, 0.717) is 5.92 Å². The van der Waals surface area contributed by atoms with Crippen molar-refractivity contribution in [1.29, 1.82) is 0 Å². The van der Waals surface area contributed by atoms with Crippen molar-refractivity contribution in [2.24, 2.45) is 0 Å². The predicted molar refractivity (Wildman–Crippen MR) is 162 cm³/mol. The number of hydrogen-bond acceptors (Lipinski definition) is 4. The van der Waals surface area contributed by atoms with Gasteiger partial charge in [-0.05, 0) is 112 Å². The molecule has 2 aliphatic heterocycles. The first kappa shape index (κ1) is 25.8. The lowest BCUT2D eigenvalue weighted by Gasteiger charge is -2.29. The molecule has 200 valence electrons. The molecule has 1 aromatic carbocycles. The van der Waals surface area contributed by atoms with Crippen LogP contribution in [0.3, 0.4) is 0 Å². The van der Waals surface area contributed by atoms with E-state index in [9.17, 15) is 0 Å². The Morgan fingerprint density at radius 3 is 2.45 bits per heavy atom. The van der Waals surface area contributed by atoms with Gasteiger partial charge in [0.25, 0.3) is 0 Å². The molecule has 4 nitrogen and oxygen atoms in total. The lowest BCUT2D eigenvalue weighted by molar-refractivity contribution is 0.272. The van der Waals surface area contributed by atoms with Crippen molar-refractivity contribution in [3.63, 3.8) is 0 Å². The van der Waals surface area contributed by atoms with Gasteiger partial charge in [0, 0.05) is 47.7 Å². The molecule has 0 radical (unpaired) electrons. The van der Waals surface area contributed by atoms with Crippen LogP contribution in [0.5, 0.6) is 0 Å². The van der Waals surface area contributed by atoms with Gasteiger partial charge in [0.15, 0.2) is 0 Å². The van der Waals surface area contributed by atoms with Gasteiger partial charge in [0.2, 0.25) is 0 Å². The molecule has 0 spiro atoms. The Morgan fingerprint density at radius 2 is 1.71 bits per heavy atom. The number of rotatable bonds is 8. The number of hydrogen-bond donors (Lipinski definition) is 1. The minimum Gasteiger partial charge on any atom is -0.346 e. The average Bonchev–Trinajstić information content (AvgIpc) is 3.67. The number of benzene rings is 1. The van der Waals surface area contributed by atoms with Crippen molar-refractivity contribution in [3.8, 4) is 11.3 Å². The summed E-state index contributed by atoms with van der Waals surface area (Å²) in [5.74, 6) is 0.627. The second-order valence-electron chi connectivity index (χ2n) is 12.4. The van der Waals surface area contributed by atoms with Crippen LogP contribution >= 0.6 is 11.3 Å². The van der Waals surface area contributed by atoms with Crippen LogP contribution in [0.25, 0.3) is 21.5 Å². The highest BCUT2D eigenvalue weighted by Gasteiger charge is 2.29. The third-order valence-electron chi connectivity index (χ3n) is 8.72. The van der Waals surface area contributed by atoms with E-state index in [-0.39, 0.29) is 5.41 Å². The van der Waals surface area contributed by atoms with E-state index < -0.39 is 0 Å². The summed E-state index contributed by atoms with van der Waals surface area (Å²) in [6.45, 7) is 16.4. The largest absolute Gasteiger partial charge is 0.346 e. The molecule has 2 aliphatic rings. The normalized spacial score (nSPS) is 19.2. The van der Waals surface area contributed by atoms with Gasteiger partial charge in [-0.1, -0.05) is 31.0 Å². The summed E-state index contributed by atoms with van der Waals surface area (Å²) in [4.78, 5) is 16.3. The summed E-state index contributed by atoms with van der Waals surface area (Å²) in [5, 5.41) is 1.44. The van der Waals surface area contributed by atoms with Crippen molar-refractivity contribution in [3.05, 3.63) is 75.9 Å². The number of pyridine rings is 1. The van der Waals surface area contributed by atoms with E-state index in [1.165, 1.54) is 87.5 Å². The molecule has 1 atom stereocenters. The maximum absolute atomic E-state index is 4.21. The highest BCUT2D eigenvalue weighted by atomic mass is 32.1. The Balaban J connectivity index is 1.29. The number of likely N-dealkylation sites (tertiary alicyclic amines) is 2. The van der Waals surface area contributed by atoms with Gasteiger partial charge in [0.1, 0.15) is 4.83 Å². The number of nitrogens with one attached hydrogen (secondary N) is 1. The fraction of sp³-hybridized carbons (Fsp3) is 0.485. The van der Waals surface area contributed by atoms with E-state index in [2.05, 4.69) is 83.9 Å². The summed E-state index contributed by atoms with van der Waals surface area (Å²) in [5.41, 5.74) is 8.41. The van der Waals surface area contributed by atoms with Crippen LogP contribution in [-0.2, 0) is 11.8 Å². The summed E-state index contributed by atoms with van der Waals surface area (Å²) < 4.78 is 0. The van der Waals surface area contributed by atoms with Crippen LogP contribution in [0.2, 0.25) is 0 Å². The minimum atomic E-state index is 0.166. The van der Waals surface area contributed by atoms with Crippen molar-refractivity contribution in [2.45, 2.75) is 64.7 Å². The standard InChI is InChI=1S/C33H42N4S/c1-23-17-24(2)19-27(18-23)31-28(10-16-36-15-9-26(21-36)25-7-11-34-12-8-25)29-20-30(38-32(29)35-31)33(3,4)22-37-13-5-6-14-37/h7-8,11-12,17-20,26,35H,5-6,9-10,13-16,21-22H2,1-4H3. The molecule has 0 aliphatic carbocycles. The van der Waals surface area contributed by atoms with Crippen LogP contribution in [0, 0.1) is 13.8 Å². The van der Waals surface area contributed by atoms with E-state index in [0.717, 1.165) is 26.1 Å². The topological polar surface area (TPSA) is 35.2 Å². The molecule has 3 aromatic heterocycles. The van der Waals surface area contributed by atoms with Crippen LogP contribution in [0.15, 0.2) is 48.8 Å². The summed E-state index contributed by atoms with van der Waals surface area (Å²) in [7, 11) is 0. The zero-order valence-corrected chi connectivity index (χ0v) is 24.3. The molecular formula is C33H42N4S. The number of aryl methyl sites for hydroxylation is 2. The second-order valence-corrected chi connectivity index (χ2v) is 13.4. The third-order valence-corrected chi connectivity index (χ3v) is 10.1. The number of thiophene rings is 1. The molecule has 38 heavy (non-hydrogen) atoms. The van der Waals surface area contributed by atoms with Crippen LogP contribution in [0.4, 0.5) is 0 Å². The van der Waals surface area contributed by atoms with Crippen molar-refractivity contribution in [1.82, 2.24) is 19.8 Å². The van der Waals surface area contributed by atoms with Gasteiger partial charge in [-0.15, -0.1) is 11.3 Å². The monoisotopic (exact) mass is 526 g/mol. The number of fused-ring (bicyclic) bond motifs is 1. The first-order valence-corrected chi connectivity index (χ1v) is 15.3. The van der Waals surface area contributed by atoms with Gasteiger partial charge in [-0.25, -0.2) is 0 Å². The van der Waals surface area contributed by atoms with Crippen molar-refractivity contribution < 1.29 is 0 Å². The van der Waals surface area contributed by atoms with Crippen LogP contribution in [0.1, 0.15) is 66.2 Å². The molecule has 2 fully saturated rings. The van der Waals surface area contributed by atoms with E-state index in [1.54, 1.807) is 0 Å². The fourth-order valence-electron chi connectivity index (χ4n) is 6.78. The number of nitrogens with zero attached hydrogens (tertiary/aromatic N) is 3. The van der Waals surface area contributed by atoms with E-state index in [1.807, 2.05) is 23.7 Å². The zero-order chi connectivity index (χ0) is 26.3. The third kappa shape index (κ3) is 5.34. The lowest BCUT2D eigenvalue weighted by Crippen LogP contribution is -2.34. The first-order valence-electron chi connectivity index (χ1n) is 14.4. The zero-order valence-electron chi connectivity index (χ0n) is 23.5. The summed E-state index contributed by atoms with van der Waals surface area (Å²) in [6, 6.07) is 13.9. The number of aromatic nitrogens is 2. The SMILES string of the molecule is Cc1cc(C)cc(-c2[nH]c3sc(C(C)(C)CN4CCCC4)cc3c2CCN2CCC(c3ccncc3)C2)c1. The minimum absolute atomic E-state index is 0.166. The highest BCUT2D eigenvalue weighted by Crippen LogP contribution is 2.41. The second kappa shape index (κ2) is 10.6. The number of aromatic amines is 1. The predicted octanol–water partition coefficient (Wildman–Crippen LogP) is 7.31. The molecule has 4 aromatic rings. The quantitative estimate of drug-likeness (QED) is 0.261. The molecule has 6 rings (SSSR count). The summed E-state index contributed by atoms with van der Waals surface area (Å²) >= 11 is 1.98. The van der Waals surface area contributed by atoms with E-state index in [4.69, 9.17) is 0 Å². The Morgan fingerprint density at radius 1 is 0.974 bits per heavy atom. The molecule has 5 heterocycles. The van der Waals surface area contributed by atoms with Gasteiger partial charge < -0.3 is 14.8 Å². The van der Waals surface area contributed by atoms with E-state index >= 15 is 0 Å². The smallest absolute Gasteiger partial charge is 0.101 e. The molecule has 5 heteroatoms. The Bertz CT molecular complexity index is 1370. The van der Waals surface area contributed by atoms with Crippen molar-refractivity contribution >= 4 is 21.6 Å². The van der Waals surface area contributed by atoms with Gasteiger partial charge in [0.05, 0.1) is 5.69 Å². The molecule has 0 amide bonds. The number of H-pyrrole nitrogens is 1. The lowest BCUT2D eigenvalue weighted by atomic mass is 9.90. The van der Waals surface area contributed by atoms with Crippen LogP contribution in [-0.4, -0.2) is 59.0 Å². The molecule has 2 saturated heterocycles. The van der Waals surface area contributed by atoms with Gasteiger partial charge >= 0.3 is 0 Å². The van der Waals surface area contributed by atoms with Crippen molar-refractivity contribution in [2.75, 3.05) is 39.3 Å². The molecular weight excluding hydrogens is 484 g/mol. The summed E-state index contributed by atoms with van der Waals surface area (Å²) in [6.07, 6.45) is 8.89. The van der Waals surface area contributed by atoms with Gasteiger partial charge in [-0.2, -0.15) is 0 Å². The van der Waals surface area contributed by atoms with Crippen LogP contribution < -0.4 is 0 Å². The highest BCUT2D eigenvalue weighted by molar-refractivity contribution is 7.18. The molecule has 0 bridgehead atoms.